The van der Waals surface area contributed by atoms with Gasteiger partial charge in [-0.3, -0.25) is 0 Å². The molecule has 0 saturated heterocycles. The molecule has 0 aromatic heterocycles. The Hall–Kier alpha value is 0.310. The van der Waals surface area contributed by atoms with Gasteiger partial charge in [-0.05, 0) is 19.8 Å². The van der Waals surface area contributed by atoms with Gasteiger partial charge in [0.15, 0.2) is 0 Å². The number of hydrogen-bond acceptors (Lipinski definition) is 1. The van der Waals surface area contributed by atoms with Gasteiger partial charge in [-0.15, -0.1) is 0 Å². The van der Waals surface area contributed by atoms with E-state index in [4.69, 9.17) is 0 Å². The monoisotopic (exact) mass is 147 g/mol. The van der Waals surface area contributed by atoms with Crippen molar-refractivity contribution in [2.45, 2.75) is 26.2 Å². The van der Waals surface area contributed by atoms with Crippen LogP contribution < -0.4 is 0 Å². The van der Waals surface area contributed by atoms with Gasteiger partial charge >= 0.3 is 0 Å². The molecule has 0 spiro atoms. The molecule has 1 radical (unpaired) electrons. The standard InChI is InChI=1S/C7H15OS/c1-3-5-6-7-9(8)4-2/h1,3-7H2,2H3. The highest BCUT2D eigenvalue weighted by molar-refractivity contribution is 7.91. The Kier molecular flexibility index (Phi) is 6.65. The summed E-state index contributed by atoms with van der Waals surface area (Å²) >= 11 is -0.556. The molecule has 55 valence electrons. The van der Waals surface area contributed by atoms with E-state index >= 15 is 0 Å². The van der Waals surface area contributed by atoms with Crippen molar-refractivity contribution in [1.29, 1.82) is 0 Å². The van der Waals surface area contributed by atoms with Crippen molar-refractivity contribution in [3.05, 3.63) is 6.92 Å². The van der Waals surface area contributed by atoms with E-state index in [0.717, 1.165) is 30.8 Å². The molecule has 0 aliphatic carbocycles. The Morgan fingerprint density at radius 3 is 2.56 bits per heavy atom. The van der Waals surface area contributed by atoms with Gasteiger partial charge in [0.2, 0.25) is 0 Å². The summed E-state index contributed by atoms with van der Waals surface area (Å²) < 4.78 is 10.8. The van der Waals surface area contributed by atoms with E-state index in [2.05, 4.69) is 6.92 Å². The highest BCUT2D eigenvalue weighted by atomic mass is 32.2. The lowest BCUT2D eigenvalue weighted by molar-refractivity contribution is 0.592. The maximum Gasteiger partial charge on any atom is 0.105 e. The van der Waals surface area contributed by atoms with Crippen LogP contribution in [0.3, 0.4) is 0 Å². The largest absolute Gasteiger partial charge is 0.616 e. The summed E-state index contributed by atoms with van der Waals surface area (Å²) in [6.45, 7) is 5.67. The van der Waals surface area contributed by atoms with Crippen molar-refractivity contribution in [3.63, 3.8) is 0 Å². The van der Waals surface area contributed by atoms with Gasteiger partial charge < -0.3 is 4.55 Å². The smallest absolute Gasteiger partial charge is 0.105 e. The zero-order chi connectivity index (χ0) is 7.11. The molecular formula is C7H15OS. The van der Waals surface area contributed by atoms with Crippen LogP contribution in [0.15, 0.2) is 0 Å². The first-order chi connectivity index (χ1) is 4.31. The van der Waals surface area contributed by atoms with Gasteiger partial charge in [-0.25, -0.2) is 0 Å². The summed E-state index contributed by atoms with van der Waals surface area (Å²) in [7, 11) is 0. The number of unbranched alkanes of at least 4 members (excludes halogenated alkanes) is 2. The van der Waals surface area contributed by atoms with Crippen LogP contribution in [0.5, 0.6) is 0 Å². The third-order valence-electron chi connectivity index (χ3n) is 1.19. The van der Waals surface area contributed by atoms with E-state index in [1.54, 1.807) is 0 Å². The molecule has 0 bridgehead atoms. The Labute approximate surface area is 61.0 Å². The second-order valence-electron chi connectivity index (χ2n) is 1.99. The fourth-order valence-electron chi connectivity index (χ4n) is 0.584. The molecule has 0 aliphatic heterocycles. The Balaban J connectivity index is 2.88. The van der Waals surface area contributed by atoms with Crippen LogP contribution in [0, 0.1) is 6.92 Å². The predicted octanol–water partition coefficient (Wildman–Crippen LogP) is 1.76. The Morgan fingerprint density at radius 2 is 2.11 bits per heavy atom. The SMILES string of the molecule is [CH2]CCCC[S+]([O-])CC. The lowest BCUT2D eigenvalue weighted by atomic mass is 10.3. The molecule has 1 unspecified atom stereocenters. The molecule has 0 fully saturated rings. The minimum Gasteiger partial charge on any atom is -0.616 e. The summed E-state index contributed by atoms with van der Waals surface area (Å²) in [6, 6.07) is 0. The first kappa shape index (κ1) is 9.31. The molecule has 0 amide bonds. The van der Waals surface area contributed by atoms with E-state index in [0.29, 0.717) is 0 Å². The van der Waals surface area contributed by atoms with Crippen molar-refractivity contribution < 1.29 is 4.55 Å². The lowest BCUT2D eigenvalue weighted by Crippen LogP contribution is -2.08. The molecule has 0 rings (SSSR count). The van der Waals surface area contributed by atoms with Crippen LogP contribution in [0.25, 0.3) is 0 Å². The highest BCUT2D eigenvalue weighted by Gasteiger charge is 1.98. The van der Waals surface area contributed by atoms with Crippen molar-refractivity contribution in [2.24, 2.45) is 0 Å². The maximum absolute atomic E-state index is 10.8. The van der Waals surface area contributed by atoms with E-state index in [-0.39, 0.29) is 0 Å². The van der Waals surface area contributed by atoms with Gasteiger partial charge in [-0.2, -0.15) is 0 Å². The molecule has 0 N–H and O–H groups in total. The van der Waals surface area contributed by atoms with Gasteiger partial charge in [0, 0.05) is 0 Å². The molecule has 0 aromatic rings. The fraction of sp³-hybridized carbons (Fsp3) is 0.857. The van der Waals surface area contributed by atoms with Crippen molar-refractivity contribution >= 4 is 11.2 Å². The Bertz CT molecular complexity index is 56.9. The average molecular weight is 147 g/mol. The third-order valence-corrected chi connectivity index (χ3v) is 2.58. The first-order valence-electron chi connectivity index (χ1n) is 3.45. The minimum absolute atomic E-state index is 0.556. The molecule has 0 heterocycles. The van der Waals surface area contributed by atoms with Crippen LogP contribution in [-0.2, 0) is 11.2 Å². The van der Waals surface area contributed by atoms with Gasteiger partial charge in [0.25, 0.3) is 0 Å². The molecule has 1 nitrogen and oxygen atoms in total. The van der Waals surface area contributed by atoms with Crippen LogP contribution in [0.2, 0.25) is 0 Å². The van der Waals surface area contributed by atoms with Crippen molar-refractivity contribution in [2.75, 3.05) is 11.5 Å². The van der Waals surface area contributed by atoms with Crippen LogP contribution in [0.1, 0.15) is 26.2 Å². The topological polar surface area (TPSA) is 23.1 Å². The molecule has 0 aromatic carbocycles. The quantitative estimate of drug-likeness (QED) is 0.429. The van der Waals surface area contributed by atoms with Crippen LogP contribution >= 0.6 is 0 Å². The summed E-state index contributed by atoms with van der Waals surface area (Å²) in [4.78, 5) is 0. The van der Waals surface area contributed by atoms with Crippen molar-refractivity contribution in [1.82, 2.24) is 0 Å². The molecule has 0 aliphatic rings. The fourth-order valence-corrected chi connectivity index (χ4v) is 1.40. The van der Waals surface area contributed by atoms with E-state index in [1.807, 2.05) is 6.92 Å². The zero-order valence-corrected chi connectivity index (χ0v) is 6.88. The average Bonchev–Trinajstić information content (AvgIpc) is 1.89. The Morgan fingerprint density at radius 1 is 1.44 bits per heavy atom. The third kappa shape index (κ3) is 6.19. The summed E-state index contributed by atoms with van der Waals surface area (Å²) in [5, 5.41) is 0. The van der Waals surface area contributed by atoms with E-state index in [1.165, 1.54) is 0 Å². The molecule has 0 saturated carbocycles. The summed E-state index contributed by atoms with van der Waals surface area (Å²) in [5.74, 6) is 1.67. The highest BCUT2D eigenvalue weighted by Crippen LogP contribution is 1.98. The van der Waals surface area contributed by atoms with E-state index in [9.17, 15) is 4.55 Å². The van der Waals surface area contributed by atoms with Crippen molar-refractivity contribution in [3.8, 4) is 0 Å². The van der Waals surface area contributed by atoms with Gasteiger partial charge in [0.1, 0.15) is 11.5 Å². The first-order valence-corrected chi connectivity index (χ1v) is 4.94. The predicted molar refractivity (Wildman–Crippen MR) is 42.8 cm³/mol. The second kappa shape index (κ2) is 6.43. The maximum atomic E-state index is 10.8. The lowest BCUT2D eigenvalue weighted by Gasteiger charge is -2.06. The van der Waals surface area contributed by atoms with E-state index < -0.39 is 11.2 Å². The molecule has 1 atom stereocenters. The van der Waals surface area contributed by atoms with Gasteiger partial charge in [-0.1, -0.05) is 24.5 Å². The number of hydrogen-bond donors (Lipinski definition) is 0. The molecule has 9 heavy (non-hydrogen) atoms. The van der Waals surface area contributed by atoms with Gasteiger partial charge in [0.05, 0.1) is 0 Å². The molecule has 2 heteroatoms. The van der Waals surface area contributed by atoms with Crippen LogP contribution in [0.4, 0.5) is 0 Å². The second-order valence-corrected chi connectivity index (χ2v) is 3.86. The summed E-state index contributed by atoms with van der Waals surface area (Å²) in [6.07, 6.45) is 3.16. The zero-order valence-electron chi connectivity index (χ0n) is 6.06. The number of rotatable bonds is 5. The van der Waals surface area contributed by atoms with Crippen LogP contribution in [-0.4, -0.2) is 16.1 Å². The molecular weight excluding hydrogens is 132 g/mol. The normalized spacial score (nSPS) is 13.7. The minimum atomic E-state index is -0.556. The summed E-state index contributed by atoms with van der Waals surface area (Å²) in [5.41, 5.74) is 0.